The third-order valence-corrected chi connectivity index (χ3v) is 12.2. The molecule has 0 radical (unpaired) electrons. The van der Waals surface area contributed by atoms with Crippen molar-refractivity contribution in [2.45, 2.75) is 238 Å². The largest absolute Gasteiger partial charge is 0.472 e. The van der Waals surface area contributed by atoms with Gasteiger partial charge >= 0.3 is 19.8 Å². The number of esters is 2. The highest BCUT2D eigenvalue weighted by molar-refractivity contribution is 7.47. The molecular formula is C52H99NO8P+. The van der Waals surface area contributed by atoms with Gasteiger partial charge in [0.2, 0.25) is 0 Å². The van der Waals surface area contributed by atoms with E-state index in [0.717, 1.165) is 44.9 Å². The van der Waals surface area contributed by atoms with E-state index in [-0.39, 0.29) is 26.1 Å². The molecule has 0 rings (SSSR count). The minimum Gasteiger partial charge on any atom is -0.462 e. The van der Waals surface area contributed by atoms with Gasteiger partial charge in [0.25, 0.3) is 0 Å². The van der Waals surface area contributed by atoms with Gasteiger partial charge in [-0.2, -0.15) is 0 Å². The smallest absolute Gasteiger partial charge is 0.462 e. The molecule has 2 atom stereocenters. The molecule has 0 aromatic heterocycles. The summed E-state index contributed by atoms with van der Waals surface area (Å²) in [6, 6.07) is 0. The van der Waals surface area contributed by atoms with Crippen molar-refractivity contribution < 1.29 is 42.1 Å². The Morgan fingerprint density at radius 1 is 0.500 bits per heavy atom. The third kappa shape index (κ3) is 47.7. The number of hydrogen-bond acceptors (Lipinski definition) is 7. The lowest BCUT2D eigenvalue weighted by molar-refractivity contribution is -0.870. The monoisotopic (exact) mass is 897 g/mol. The number of unbranched alkanes of at least 4 members (excludes halogenated alkanes) is 27. The molecule has 364 valence electrons. The Kier molecular flexibility index (Phi) is 43.2. The Morgan fingerprint density at radius 3 is 1.32 bits per heavy atom. The second-order valence-electron chi connectivity index (χ2n) is 18.6. The second-order valence-corrected chi connectivity index (χ2v) is 20.0. The zero-order valence-corrected chi connectivity index (χ0v) is 42.0. The van der Waals surface area contributed by atoms with Crippen molar-refractivity contribution in [3.05, 3.63) is 36.5 Å². The second kappa shape index (κ2) is 44.4. The molecule has 0 heterocycles. The molecule has 1 N–H and O–H groups in total. The van der Waals surface area contributed by atoms with Crippen molar-refractivity contribution in [2.75, 3.05) is 47.5 Å². The lowest BCUT2D eigenvalue weighted by Crippen LogP contribution is -2.37. The van der Waals surface area contributed by atoms with Gasteiger partial charge in [-0.3, -0.25) is 18.6 Å². The van der Waals surface area contributed by atoms with Gasteiger partial charge in [-0.05, 0) is 51.4 Å². The molecule has 0 aliphatic rings. The Labute approximate surface area is 382 Å². The fourth-order valence-corrected chi connectivity index (χ4v) is 7.88. The van der Waals surface area contributed by atoms with Crippen LogP contribution < -0.4 is 0 Å². The first-order valence-corrected chi connectivity index (χ1v) is 27.2. The molecule has 0 aliphatic carbocycles. The maximum Gasteiger partial charge on any atom is 0.472 e. The zero-order chi connectivity index (χ0) is 45.7. The number of hydrogen-bond donors (Lipinski definition) is 1. The molecule has 0 saturated heterocycles. The van der Waals surface area contributed by atoms with Gasteiger partial charge in [0, 0.05) is 12.8 Å². The molecule has 0 amide bonds. The molecule has 0 aromatic rings. The van der Waals surface area contributed by atoms with Gasteiger partial charge in [0.1, 0.15) is 19.8 Å². The van der Waals surface area contributed by atoms with Crippen LogP contribution in [0.3, 0.4) is 0 Å². The van der Waals surface area contributed by atoms with Crippen LogP contribution in [0.15, 0.2) is 36.5 Å². The number of ether oxygens (including phenoxy) is 2. The van der Waals surface area contributed by atoms with Gasteiger partial charge in [-0.25, -0.2) is 4.57 Å². The summed E-state index contributed by atoms with van der Waals surface area (Å²) in [4.78, 5) is 35.5. The van der Waals surface area contributed by atoms with Gasteiger partial charge in [0.15, 0.2) is 6.10 Å². The van der Waals surface area contributed by atoms with E-state index in [1.54, 1.807) is 0 Å². The molecule has 0 spiro atoms. The van der Waals surface area contributed by atoms with E-state index in [1.807, 2.05) is 21.1 Å². The minimum absolute atomic E-state index is 0.0268. The van der Waals surface area contributed by atoms with E-state index in [1.165, 1.54) is 148 Å². The summed E-state index contributed by atoms with van der Waals surface area (Å²) in [6.45, 7) is 4.38. The van der Waals surface area contributed by atoms with E-state index >= 15 is 0 Å². The molecule has 0 bridgehead atoms. The van der Waals surface area contributed by atoms with Crippen LogP contribution in [0.1, 0.15) is 232 Å². The number of carbonyl (C=O) groups excluding carboxylic acids is 2. The van der Waals surface area contributed by atoms with E-state index < -0.39 is 32.5 Å². The number of quaternary nitrogens is 1. The highest BCUT2D eigenvalue weighted by atomic mass is 31.2. The first-order valence-electron chi connectivity index (χ1n) is 25.7. The summed E-state index contributed by atoms with van der Waals surface area (Å²) >= 11 is 0. The van der Waals surface area contributed by atoms with Crippen molar-refractivity contribution in [1.82, 2.24) is 0 Å². The average Bonchev–Trinajstić information content (AvgIpc) is 3.23. The van der Waals surface area contributed by atoms with Crippen LogP contribution in [-0.4, -0.2) is 74.9 Å². The van der Waals surface area contributed by atoms with Gasteiger partial charge < -0.3 is 18.9 Å². The van der Waals surface area contributed by atoms with Crippen LogP contribution in [0, 0.1) is 0 Å². The quantitative estimate of drug-likeness (QED) is 0.0212. The predicted octanol–water partition coefficient (Wildman–Crippen LogP) is 15.3. The summed E-state index contributed by atoms with van der Waals surface area (Å²) in [6.07, 6.45) is 52.1. The van der Waals surface area contributed by atoms with E-state index in [9.17, 15) is 19.0 Å². The minimum atomic E-state index is -4.39. The molecule has 0 fully saturated rings. The maximum absolute atomic E-state index is 12.8. The number of phosphoric acid groups is 1. The lowest BCUT2D eigenvalue weighted by atomic mass is 10.0. The number of rotatable bonds is 47. The number of likely N-dealkylation sites (N-methyl/N-ethyl adjacent to an activating group) is 1. The normalized spacial score (nSPS) is 13.7. The van der Waals surface area contributed by atoms with E-state index in [2.05, 4.69) is 50.3 Å². The summed E-state index contributed by atoms with van der Waals surface area (Å²) in [7, 11) is 1.46. The first-order chi connectivity index (χ1) is 30.0. The average molecular weight is 897 g/mol. The SMILES string of the molecule is CCCCC/C=C/C/C=C/C/C=C/CCCCC(=O)OC[C@H](COP(=O)(O)OCC[N+](C)(C)C)OC(=O)CCCCCCCCCCCCCCCCCCCCCCCCC. The highest BCUT2D eigenvalue weighted by Gasteiger charge is 2.27. The first kappa shape index (κ1) is 60.2. The molecule has 0 aromatic carbocycles. The van der Waals surface area contributed by atoms with Crippen molar-refractivity contribution in [2.24, 2.45) is 0 Å². The van der Waals surface area contributed by atoms with Crippen molar-refractivity contribution >= 4 is 19.8 Å². The molecule has 0 aliphatic heterocycles. The molecule has 1 unspecified atom stereocenters. The fourth-order valence-electron chi connectivity index (χ4n) is 7.14. The number of allylic oxidation sites excluding steroid dienone is 6. The number of nitrogens with zero attached hydrogens (tertiary/aromatic N) is 1. The Balaban J connectivity index is 4.23. The number of phosphoric ester groups is 1. The van der Waals surface area contributed by atoms with Crippen LogP contribution >= 0.6 is 7.82 Å². The van der Waals surface area contributed by atoms with Crippen molar-refractivity contribution in [3.63, 3.8) is 0 Å². The van der Waals surface area contributed by atoms with Crippen LogP contribution in [0.4, 0.5) is 0 Å². The van der Waals surface area contributed by atoms with Gasteiger partial charge in [0.05, 0.1) is 27.7 Å². The van der Waals surface area contributed by atoms with Crippen molar-refractivity contribution in [1.29, 1.82) is 0 Å². The Hall–Kier alpha value is -1.77. The number of carbonyl (C=O) groups is 2. The van der Waals surface area contributed by atoms with Crippen LogP contribution in [0.25, 0.3) is 0 Å². The summed E-state index contributed by atoms with van der Waals surface area (Å²) in [5, 5.41) is 0. The van der Waals surface area contributed by atoms with Crippen LogP contribution in [-0.2, 0) is 32.7 Å². The molecule has 0 saturated carbocycles. The van der Waals surface area contributed by atoms with Gasteiger partial charge in [-0.15, -0.1) is 0 Å². The highest BCUT2D eigenvalue weighted by Crippen LogP contribution is 2.43. The predicted molar refractivity (Wildman–Crippen MR) is 261 cm³/mol. The third-order valence-electron chi connectivity index (χ3n) is 11.2. The topological polar surface area (TPSA) is 108 Å². The Bertz CT molecular complexity index is 1150. The summed E-state index contributed by atoms with van der Waals surface area (Å²) in [5.74, 6) is -0.834. The maximum atomic E-state index is 12.8. The standard InChI is InChI=1S/C52H98NO8P/c1-6-8-10-12-14-16-18-20-22-23-24-25-26-27-28-29-31-33-35-37-39-41-43-45-52(55)61-50(49-60-62(56,57)59-47-46-53(3,4)5)48-58-51(54)44-42-40-38-36-34-32-30-21-19-17-15-13-11-9-7-2/h15,17,21,30,34,36,50H,6-14,16,18-20,22-29,31-33,35,37-49H2,1-5H3/p+1/b17-15+,30-21+,36-34+/t50-/m1/s1. The van der Waals surface area contributed by atoms with Crippen LogP contribution in [0.2, 0.25) is 0 Å². The van der Waals surface area contributed by atoms with Gasteiger partial charge in [-0.1, -0.05) is 204 Å². The molecule has 9 nitrogen and oxygen atoms in total. The molecule has 10 heteroatoms. The summed E-state index contributed by atoms with van der Waals surface area (Å²) < 4.78 is 34.4. The molecular weight excluding hydrogens is 798 g/mol. The lowest BCUT2D eigenvalue weighted by Gasteiger charge is -2.24. The summed E-state index contributed by atoms with van der Waals surface area (Å²) in [5.41, 5.74) is 0. The van der Waals surface area contributed by atoms with E-state index in [0.29, 0.717) is 23.9 Å². The van der Waals surface area contributed by atoms with Crippen molar-refractivity contribution in [3.8, 4) is 0 Å². The fraction of sp³-hybridized carbons (Fsp3) is 0.846. The van der Waals surface area contributed by atoms with E-state index in [4.69, 9.17) is 18.5 Å². The zero-order valence-electron chi connectivity index (χ0n) is 41.1. The Morgan fingerprint density at radius 2 is 0.871 bits per heavy atom. The van der Waals surface area contributed by atoms with Crippen LogP contribution in [0.5, 0.6) is 0 Å². The molecule has 62 heavy (non-hydrogen) atoms.